The number of amides is 4. The van der Waals surface area contributed by atoms with Crippen LogP contribution < -0.4 is 9.64 Å². The van der Waals surface area contributed by atoms with E-state index in [1.165, 1.54) is 7.11 Å². The maximum Gasteiger partial charge on any atom is 0.340 e. The molecular formula is C19H19N3O4. The van der Waals surface area contributed by atoms with E-state index >= 15 is 0 Å². The monoisotopic (exact) mass is 353 g/mol. The normalized spacial score (nSPS) is 14.5. The van der Waals surface area contributed by atoms with Gasteiger partial charge in [-0.25, -0.2) is 14.6 Å². The number of benzene rings is 2. The predicted molar refractivity (Wildman–Crippen MR) is 95.5 cm³/mol. The topological polar surface area (TPSA) is 70.2 Å². The predicted octanol–water partition coefficient (Wildman–Crippen LogP) is 2.08. The number of hydrogen-bond acceptors (Lipinski definition) is 5. The molecule has 1 fully saturated rings. The number of methoxy groups -OCH3 is 1. The molecule has 0 bridgehead atoms. The van der Waals surface area contributed by atoms with Crippen molar-refractivity contribution < 1.29 is 19.1 Å². The Morgan fingerprint density at radius 1 is 0.923 bits per heavy atom. The quantitative estimate of drug-likeness (QED) is 0.587. The Bertz CT molecular complexity index is 820. The van der Waals surface area contributed by atoms with E-state index in [1.807, 2.05) is 30.3 Å². The summed E-state index contributed by atoms with van der Waals surface area (Å²) in [4.78, 5) is 40.8. The third-order valence-electron chi connectivity index (χ3n) is 4.06. The highest BCUT2D eigenvalue weighted by molar-refractivity contribution is 6.52. The van der Waals surface area contributed by atoms with Crippen molar-refractivity contribution in [2.45, 2.75) is 6.54 Å². The van der Waals surface area contributed by atoms with Gasteiger partial charge in [-0.15, -0.1) is 0 Å². The largest absolute Gasteiger partial charge is 0.497 e. The first-order valence-electron chi connectivity index (χ1n) is 8.07. The highest BCUT2D eigenvalue weighted by Crippen LogP contribution is 2.24. The second-order valence-electron chi connectivity index (χ2n) is 6.00. The molecule has 0 spiro atoms. The molecule has 1 aliphatic rings. The highest BCUT2D eigenvalue weighted by Gasteiger charge is 2.45. The van der Waals surface area contributed by atoms with Crippen molar-refractivity contribution in [3.05, 3.63) is 60.2 Å². The number of carbonyl (C=O) groups excluding carboxylic acids is 3. The van der Waals surface area contributed by atoms with Crippen LogP contribution in [0.1, 0.15) is 5.56 Å². The van der Waals surface area contributed by atoms with Crippen molar-refractivity contribution in [1.82, 2.24) is 9.80 Å². The van der Waals surface area contributed by atoms with Gasteiger partial charge in [0, 0.05) is 6.54 Å². The molecule has 2 aromatic rings. The van der Waals surface area contributed by atoms with Crippen molar-refractivity contribution >= 4 is 23.5 Å². The van der Waals surface area contributed by atoms with E-state index in [2.05, 4.69) is 0 Å². The first kappa shape index (κ1) is 17.6. The van der Waals surface area contributed by atoms with Crippen molar-refractivity contribution in [3.63, 3.8) is 0 Å². The smallest absolute Gasteiger partial charge is 0.340 e. The highest BCUT2D eigenvalue weighted by atomic mass is 16.5. The zero-order valence-electron chi connectivity index (χ0n) is 14.6. The molecule has 26 heavy (non-hydrogen) atoms. The lowest BCUT2D eigenvalue weighted by Crippen LogP contribution is -2.40. The summed E-state index contributed by atoms with van der Waals surface area (Å²) >= 11 is 0. The van der Waals surface area contributed by atoms with Gasteiger partial charge in [0.15, 0.2) is 0 Å². The minimum Gasteiger partial charge on any atom is -0.497 e. The number of carbonyl (C=O) groups is 3. The number of rotatable bonds is 6. The van der Waals surface area contributed by atoms with Crippen LogP contribution in [0.25, 0.3) is 0 Å². The fourth-order valence-electron chi connectivity index (χ4n) is 2.78. The van der Waals surface area contributed by atoms with E-state index in [9.17, 15) is 14.4 Å². The summed E-state index contributed by atoms with van der Waals surface area (Å²) in [6, 6.07) is 15.4. The minimum atomic E-state index is -0.853. The lowest BCUT2D eigenvalue weighted by molar-refractivity contribution is -0.140. The summed E-state index contributed by atoms with van der Waals surface area (Å²) in [5, 5.41) is 0. The lowest BCUT2D eigenvalue weighted by atomic mass is 10.2. The van der Waals surface area contributed by atoms with Crippen molar-refractivity contribution in [2.75, 3.05) is 25.7 Å². The first-order valence-corrected chi connectivity index (χ1v) is 8.07. The Hall–Kier alpha value is -3.19. The van der Waals surface area contributed by atoms with Gasteiger partial charge in [-0.1, -0.05) is 30.3 Å². The Morgan fingerprint density at radius 3 is 2.19 bits per heavy atom. The van der Waals surface area contributed by atoms with E-state index in [0.717, 1.165) is 15.4 Å². The van der Waals surface area contributed by atoms with E-state index < -0.39 is 17.8 Å². The molecule has 3 rings (SSSR count). The molecule has 4 amide bonds. The van der Waals surface area contributed by atoms with Gasteiger partial charge in [0.2, 0.25) is 0 Å². The van der Waals surface area contributed by atoms with Crippen molar-refractivity contribution in [3.8, 4) is 5.75 Å². The molecule has 0 aliphatic carbocycles. The molecule has 0 aromatic heterocycles. The van der Waals surface area contributed by atoms with Crippen LogP contribution in [-0.2, 0) is 16.1 Å². The maximum atomic E-state index is 12.6. The molecule has 0 N–H and O–H groups in total. The van der Waals surface area contributed by atoms with E-state index in [0.29, 0.717) is 18.0 Å². The van der Waals surface area contributed by atoms with Gasteiger partial charge in [-0.3, -0.25) is 14.5 Å². The number of ether oxygens (including phenoxy) is 1. The molecule has 134 valence electrons. The van der Waals surface area contributed by atoms with Crippen LogP contribution in [0.15, 0.2) is 54.6 Å². The summed E-state index contributed by atoms with van der Waals surface area (Å²) in [5.74, 6) is -1.09. The van der Waals surface area contributed by atoms with Crippen LogP contribution in [0.5, 0.6) is 5.75 Å². The number of imide groups is 2. The van der Waals surface area contributed by atoms with Gasteiger partial charge >= 0.3 is 17.8 Å². The minimum absolute atomic E-state index is 0.0327. The van der Waals surface area contributed by atoms with Crippen LogP contribution >= 0.6 is 0 Å². The van der Waals surface area contributed by atoms with Crippen LogP contribution in [0.4, 0.5) is 10.5 Å². The zero-order valence-corrected chi connectivity index (χ0v) is 14.6. The van der Waals surface area contributed by atoms with Crippen molar-refractivity contribution in [2.24, 2.45) is 0 Å². The standard InChI is InChI=1S/C19H19N3O4/c1-20(12-14-6-4-3-5-7-14)13-21-17(23)18(24)22(19(21)25)15-8-10-16(26-2)11-9-15/h3-11H,12-13H2,1-2H3. The van der Waals surface area contributed by atoms with Gasteiger partial charge in [-0.2, -0.15) is 0 Å². The third kappa shape index (κ3) is 3.43. The second-order valence-corrected chi connectivity index (χ2v) is 6.00. The molecular weight excluding hydrogens is 334 g/mol. The summed E-state index contributed by atoms with van der Waals surface area (Å²) < 4.78 is 5.06. The SMILES string of the molecule is COc1ccc(N2C(=O)C(=O)N(CN(C)Cc3ccccc3)C2=O)cc1. The Balaban J connectivity index is 1.73. The Morgan fingerprint density at radius 2 is 1.58 bits per heavy atom. The molecule has 7 heteroatoms. The summed E-state index contributed by atoms with van der Waals surface area (Å²) in [7, 11) is 3.31. The van der Waals surface area contributed by atoms with Crippen LogP contribution in [0.3, 0.4) is 0 Å². The molecule has 2 aromatic carbocycles. The average Bonchev–Trinajstić information content (AvgIpc) is 2.86. The number of anilines is 1. The molecule has 0 unspecified atom stereocenters. The van der Waals surface area contributed by atoms with Gasteiger partial charge in [0.1, 0.15) is 5.75 Å². The third-order valence-corrected chi connectivity index (χ3v) is 4.06. The van der Waals surface area contributed by atoms with E-state index in [1.54, 1.807) is 36.2 Å². The molecule has 1 aliphatic heterocycles. The van der Waals surface area contributed by atoms with Gasteiger partial charge in [0.05, 0.1) is 19.5 Å². The Kier molecular flexibility index (Phi) is 4.99. The van der Waals surface area contributed by atoms with E-state index in [-0.39, 0.29) is 6.67 Å². The number of nitrogens with zero attached hydrogens (tertiary/aromatic N) is 3. The van der Waals surface area contributed by atoms with Crippen molar-refractivity contribution in [1.29, 1.82) is 0 Å². The molecule has 0 radical (unpaired) electrons. The first-order chi connectivity index (χ1) is 12.5. The molecule has 1 heterocycles. The fourth-order valence-corrected chi connectivity index (χ4v) is 2.78. The zero-order chi connectivity index (χ0) is 18.7. The molecule has 0 saturated carbocycles. The number of hydrogen-bond donors (Lipinski definition) is 0. The fraction of sp³-hybridized carbons (Fsp3) is 0.211. The van der Waals surface area contributed by atoms with Crippen LogP contribution in [0, 0.1) is 0 Å². The van der Waals surface area contributed by atoms with Gasteiger partial charge in [0.25, 0.3) is 0 Å². The lowest BCUT2D eigenvalue weighted by Gasteiger charge is -2.22. The summed E-state index contributed by atoms with van der Waals surface area (Å²) in [6.45, 7) is 0.583. The summed E-state index contributed by atoms with van der Waals surface area (Å²) in [5.41, 5.74) is 1.38. The molecule has 1 saturated heterocycles. The van der Waals surface area contributed by atoms with Gasteiger partial charge < -0.3 is 4.74 Å². The van der Waals surface area contributed by atoms with Crippen LogP contribution in [0.2, 0.25) is 0 Å². The Labute approximate surface area is 151 Å². The molecule has 0 atom stereocenters. The van der Waals surface area contributed by atoms with Gasteiger partial charge in [-0.05, 0) is 36.9 Å². The second kappa shape index (κ2) is 7.37. The maximum absolute atomic E-state index is 12.6. The van der Waals surface area contributed by atoms with Crippen LogP contribution in [-0.4, -0.2) is 48.5 Å². The average molecular weight is 353 g/mol. The molecule has 7 nitrogen and oxygen atoms in total. The summed E-state index contributed by atoms with van der Waals surface area (Å²) in [6.07, 6.45) is 0. The van der Waals surface area contributed by atoms with E-state index in [4.69, 9.17) is 4.74 Å². The number of urea groups is 1.